The second-order valence-corrected chi connectivity index (χ2v) is 7.63. The van der Waals surface area contributed by atoms with Crippen LogP contribution in [-0.2, 0) is 4.79 Å². The lowest BCUT2D eigenvalue weighted by Gasteiger charge is -2.28. The normalized spacial score (nSPS) is 13.0. The van der Waals surface area contributed by atoms with Crippen molar-refractivity contribution in [1.29, 1.82) is 0 Å². The third kappa shape index (κ3) is 4.14. The number of aliphatic carboxylic acids is 1. The Balaban J connectivity index is 1.68. The molecule has 1 aliphatic rings. The van der Waals surface area contributed by atoms with Crippen LogP contribution in [0.2, 0.25) is 0 Å². The summed E-state index contributed by atoms with van der Waals surface area (Å²) in [6, 6.07) is 12.3. The van der Waals surface area contributed by atoms with Gasteiger partial charge >= 0.3 is 5.97 Å². The van der Waals surface area contributed by atoms with E-state index in [2.05, 4.69) is 56.7 Å². The first-order chi connectivity index (χ1) is 14.0. The van der Waals surface area contributed by atoms with Gasteiger partial charge in [0.25, 0.3) is 0 Å². The molecule has 0 saturated carbocycles. The van der Waals surface area contributed by atoms with E-state index in [1.54, 1.807) is 0 Å². The molecule has 0 saturated heterocycles. The highest BCUT2D eigenvalue weighted by Crippen LogP contribution is 2.37. The van der Waals surface area contributed by atoms with Crippen molar-refractivity contribution in [3.8, 4) is 28.3 Å². The molecule has 29 heavy (non-hydrogen) atoms. The molecular formula is C20H21N5O3S. The molecule has 9 heteroatoms. The van der Waals surface area contributed by atoms with Gasteiger partial charge in [-0.2, -0.15) is 0 Å². The molecule has 0 atom stereocenters. The second kappa shape index (κ2) is 8.04. The molecule has 1 aromatic heterocycles. The van der Waals surface area contributed by atoms with Crippen LogP contribution in [-0.4, -0.2) is 59.3 Å². The van der Waals surface area contributed by atoms with Gasteiger partial charge in [0.05, 0.1) is 18.0 Å². The number of nitrogens with one attached hydrogen (secondary N) is 2. The largest absolute Gasteiger partial charge is 0.490 e. The standard InChI is InChI=1S/C20H21N5O3S/c1-21-15-8-13(12-3-4-16-17(10-12)28-6-5-25(16)2)7-14(9-15)19-22-20(24-23-19)29-11-18(26)27/h3-4,7-10,21H,5-6,11H2,1-2H3,(H,26,27)(H,22,23,24). The highest BCUT2D eigenvalue weighted by atomic mass is 32.2. The zero-order valence-electron chi connectivity index (χ0n) is 16.1. The molecule has 3 aromatic rings. The average Bonchev–Trinajstić information content (AvgIpc) is 3.21. The molecule has 0 bridgehead atoms. The number of benzene rings is 2. The van der Waals surface area contributed by atoms with Gasteiger partial charge in [-0.05, 0) is 41.5 Å². The highest BCUT2D eigenvalue weighted by Gasteiger charge is 2.16. The molecule has 0 spiro atoms. The fourth-order valence-electron chi connectivity index (χ4n) is 3.18. The maximum absolute atomic E-state index is 10.8. The predicted octanol–water partition coefficient (Wildman–Crippen LogP) is 3.19. The monoisotopic (exact) mass is 411 g/mol. The number of carbonyl (C=O) groups is 1. The molecule has 4 rings (SSSR count). The third-order valence-corrected chi connectivity index (χ3v) is 5.53. The number of nitrogens with zero attached hydrogens (tertiary/aromatic N) is 3. The zero-order valence-corrected chi connectivity index (χ0v) is 16.9. The summed E-state index contributed by atoms with van der Waals surface area (Å²) >= 11 is 1.10. The van der Waals surface area contributed by atoms with E-state index in [4.69, 9.17) is 9.84 Å². The minimum absolute atomic E-state index is 0.0694. The van der Waals surface area contributed by atoms with Gasteiger partial charge in [-0.1, -0.05) is 17.8 Å². The molecule has 1 aliphatic heterocycles. The molecule has 0 amide bonds. The van der Waals surface area contributed by atoms with E-state index in [-0.39, 0.29) is 5.75 Å². The molecule has 0 fully saturated rings. The second-order valence-electron chi connectivity index (χ2n) is 6.66. The molecule has 2 heterocycles. The Bertz CT molecular complexity index is 1050. The fraction of sp³-hybridized carbons (Fsp3) is 0.250. The number of ether oxygens (including phenoxy) is 1. The van der Waals surface area contributed by atoms with Crippen molar-refractivity contribution in [2.45, 2.75) is 5.16 Å². The number of anilines is 2. The number of thioether (sulfide) groups is 1. The van der Waals surface area contributed by atoms with Gasteiger partial charge in [0.1, 0.15) is 12.4 Å². The maximum atomic E-state index is 10.8. The molecule has 8 nitrogen and oxygen atoms in total. The number of carboxylic acid groups (broad SMARTS) is 1. The number of rotatable bonds is 6. The number of H-pyrrole nitrogens is 1. The molecule has 2 aromatic carbocycles. The number of aromatic nitrogens is 3. The van der Waals surface area contributed by atoms with Crippen LogP contribution >= 0.6 is 11.8 Å². The first-order valence-corrected chi connectivity index (χ1v) is 10.1. The molecule has 3 N–H and O–H groups in total. The first kappa shape index (κ1) is 19.1. The minimum Gasteiger partial charge on any atom is -0.490 e. The van der Waals surface area contributed by atoms with E-state index in [1.807, 2.05) is 19.2 Å². The van der Waals surface area contributed by atoms with Crippen LogP contribution < -0.4 is 15.0 Å². The van der Waals surface area contributed by atoms with E-state index in [0.29, 0.717) is 17.6 Å². The first-order valence-electron chi connectivity index (χ1n) is 9.12. The summed E-state index contributed by atoms with van der Waals surface area (Å²) < 4.78 is 5.84. The predicted molar refractivity (Wildman–Crippen MR) is 114 cm³/mol. The molecule has 0 unspecified atom stereocenters. The summed E-state index contributed by atoms with van der Waals surface area (Å²) in [4.78, 5) is 16.0. The van der Waals surface area contributed by atoms with Gasteiger partial charge in [-0.15, -0.1) is 10.2 Å². The van der Waals surface area contributed by atoms with Crippen LogP contribution in [0.3, 0.4) is 0 Å². The number of hydrogen-bond acceptors (Lipinski definition) is 7. The van der Waals surface area contributed by atoms with Gasteiger partial charge in [0, 0.05) is 25.3 Å². The van der Waals surface area contributed by atoms with E-state index < -0.39 is 5.97 Å². The lowest BCUT2D eigenvalue weighted by molar-refractivity contribution is -0.133. The van der Waals surface area contributed by atoms with Crippen LogP contribution in [0.1, 0.15) is 0 Å². The number of likely N-dealkylation sites (N-methyl/N-ethyl adjacent to an activating group) is 1. The lowest BCUT2D eigenvalue weighted by Crippen LogP contribution is -2.28. The van der Waals surface area contributed by atoms with Crippen molar-refractivity contribution >= 4 is 29.1 Å². The lowest BCUT2D eigenvalue weighted by atomic mass is 10.0. The topological polar surface area (TPSA) is 103 Å². The van der Waals surface area contributed by atoms with Crippen molar-refractivity contribution in [2.75, 3.05) is 43.2 Å². The van der Waals surface area contributed by atoms with Gasteiger partial charge in [-0.3, -0.25) is 4.79 Å². The Morgan fingerprint density at radius 3 is 2.86 bits per heavy atom. The average molecular weight is 411 g/mol. The van der Waals surface area contributed by atoms with Crippen LogP contribution in [0.5, 0.6) is 5.75 Å². The van der Waals surface area contributed by atoms with Crippen molar-refractivity contribution in [3.63, 3.8) is 0 Å². The summed E-state index contributed by atoms with van der Waals surface area (Å²) in [5, 5.41) is 20.7. The van der Waals surface area contributed by atoms with Gasteiger partial charge in [-0.25, -0.2) is 0 Å². The Labute approximate surface area is 172 Å². The Morgan fingerprint density at radius 1 is 1.24 bits per heavy atom. The van der Waals surface area contributed by atoms with Gasteiger partial charge in [0.15, 0.2) is 11.0 Å². The summed E-state index contributed by atoms with van der Waals surface area (Å²) in [6.45, 7) is 1.54. The number of hydrogen-bond donors (Lipinski definition) is 3. The highest BCUT2D eigenvalue weighted by molar-refractivity contribution is 7.99. The Hall–Kier alpha value is -3.20. The fourth-order valence-corrected chi connectivity index (χ4v) is 3.71. The summed E-state index contributed by atoms with van der Waals surface area (Å²) in [5.74, 6) is 0.498. The summed E-state index contributed by atoms with van der Waals surface area (Å²) in [5.41, 5.74) is 4.93. The van der Waals surface area contributed by atoms with E-state index in [9.17, 15) is 4.79 Å². The van der Waals surface area contributed by atoms with Crippen LogP contribution in [0.25, 0.3) is 22.5 Å². The van der Waals surface area contributed by atoms with Gasteiger partial charge < -0.3 is 25.0 Å². The Morgan fingerprint density at radius 2 is 2.07 bits per heavy atom. The third-order valence-electron chi connectivity index (χ3n) is 4.68. The quantitative estimate of drug-likeness (QED) is 0.532. The molecule has 0 radical (unpaired) electrons. The SMILES string of the molecule is CNc1cc(-c2ccc3c(c2)OCCN3C)cc(-c2nnc(SCC(=O)O)[nH]2)c1. The van der Waals surface area contributed by atoms with Crippen molar-refractivity contribution in [3.05, 3.63) is 36.4 Å². The summed E-state index contributed by atoms with van der Waals surface area (Å²) in [6.07, 6.45) is 0. The van der Waals surface area contributed by atoms with Gasteiger partial charge in [0.2, 0.25) is 0 Å². The maximum Gasteiger partial charge on any atom is 0.313 e. The zero-order chi connectivity index (χ0) is 20.4. The van der Waals surface area contributed by atoms with E-state index in [1.165, 1.54) is 0 Å². The molecule has 150 valence electrons. The van der Waals surface area contributed by atoms with Crippen molar-refractivity contribution in [2.24, 2.45) is 0 Å². The number of carboxylic acids is 1. The van der Waals surface area contributed by atoms with Crippen LogP contribution in [0.4, 0.5) is 11.4 Å². The van der Waals surface area contributed by atoms with Crippen LogP contribution in [0, 0.1) is 0 Å². The molecule has 0 aliphatic carbocycles. The van der Waals surface area contributed by atoms with Crippen LogP contribution in [0.15, 0.2) is 41.6 Å². The molecular weight excluding hydrogens is 390 g/mol. The smallest absolute Gasteiger partial charge is 0.313 e. The Kier molecular flexibility index (Phi) is 5.30. The van der Waals surface area contributed by atoms with E-state index >= 15 is 0 Å². The van der Waals surface area contributed by atoms with Crippen molar-refractivity contribution in [1.82, 2.24) is 15.2 Å². The number of aromatic amines is 1. The van der Waals surface area contributed by atoms with E-state index in [0.717, 1.165) is 52.1 Å². The van der Waals surface area contributed by atoms with Crippen molar-refractivity contribution < 1.29 is 14.6 Å². The summed E-state index contributed by atoms with van der Waals surface area (Å²) in [7, 11) is 3.92. The number of fused-ring (bicyclic) bond motifs is 1. The minimum atomic E-state index is -0.896.